The minimum Gasteiger partial charge on any atom is -0.492 e. The quantitative estimate of drug-likeness (QED) is 0.547. The summed E-state index contributed by atoms with van der Waals surface area (Å²) in [5, 5.41) is 4.95. The summed E-state index contributed by atoms with van der Waals surface area (Å²) in [6.07, 6.45) is 1.62. The largest absolute Gasteiger partial charge is 0.492 e. The van der Waals surface area contributed by atoms with Crippen LogP contribution in [0, 0.1) is 0 Å². The highest BCUT2D eigenvalue weighted by molar-refractivity contribution is 5.89. The number of carbonyl (C=O) groups is 1. The van der Waals surface area contributed by atoms with Gasteiger partial charge < -0.3 is 14.8 Å². The van der Waals surface area contributed by atoms with Crippen LogP contribution in [0.5, 0.6) is 11.5 Å². The lowest BCUT2D eigenvalue weighted by Gasteiger charge is -2.16. The smallest absolute Gasteiger partial charge is 0.260 e. The van der Waals surface area contributed by atoms with Crippen molar-refractivity contribution < 1.29 is 14.3 Å². The van der Waals surface area contributed by atoms with Crippen LogP contribution in [0.3, 0.4) is 0 Å². The minimum absolute atomic E-state index is 0.158. The van der Waals surface area contributed by atoms with Gasteiger partial charge in [-0.1, -0.05) is 61.9 Å². The summed E-state index contributed by atoms with van der Waals surface area (Å²) in [5.74, 6) is 1.37. The molecule has 0 bridgehead atoms. The van der Waals surface area contributed by atoms with Gasteiger partial charge in [-0.25, -0.2) is 0 Å². The first-order valence-electron chi connectivity index (χ1n) is 9.81. The second-order valence-electron chi connectivity index (χ2n) is 6.77. The van der Waals surface area contributed by atoms with Crippen molar-refractivity contribution in [2.24, 2.45) is 0 Å². The molecule has 0 fully saturated rings. The Morgan fingerprint density at radius 1 is 1.00 bits per heavy atom. The highest BCUT2D eigenvalue weighted by Gasteiger charge is 2.15. The maximum Gasteiger partial charge on any atom is 0.260 e. The van der Waals surface area contributed by atoms with E-state index in [1.165, 1.54) is 5.56 Å². The number of aryl methyl sites for hydroxylation is 1. The Hall–Kier alpha value is -3.01. The molecule has 4 heteroatoms. The van der Waals surface area contributed by atoms with Gasteiger partial charge in [0.2, 0.25) is 0 Å². The van der Waals surface area contributed by atoms with Crippen molar-refractivity contribution in [1.82, 2.24) is 5.32 Å². The molecule has 0 saturated heterocycles. The van der Waals surface area contributed by atoms with Gasteiger partial charge in [0.05, 0.1) is 6.54 Å². The minimum atomic E-state index is -0.584. The maximum atomic E-state index is 12.3. The molecule has 1 unspecified atom stereocenters. The van der Waals surface area contributed by atoms with Crippen LogP contribution >= 0.6 is 0 Å². The van der Waals surface area contributed by atoms with Crippen LogP contribution in [0.25, 0.3) is 10.8 Å². The number of rotatable bonds is 9. The highest BCUT2D eigenvalue weighted by Crippen LogP contribution is 2.26. The van der Waals surface area contributed by atoms with E-state index < -0.39 is 6.10 Å². The monoisotopic (exact) mass is 377 g/mol. The van der Waals surface area contributed by atoms with E-state index in [1.807, 2.05) is 54.6 Å². The summed E-state index contributed by atoms with van der Waals surface area (Å²) in [4.78, 5) is 12.3. The first-order valence-corrected chi connectivity index (χ1v) is 9.81. The van der Waals surface area contributed by atoms with E-state index in [1.54, 1.807) is 6.92 Å². The topological polar surface area (TPSA) is 47.6 Å². The van der Waals surface area contributed by atoms with Crippen LogP contribution in [0.1, 0.15) is 25.8 Å². The van der Waals surface area contributed by atoms with Crippen molar-refractivity contribution in [3.05, 3.63) is 72.3 Å². The molecule has 0 aliphatic carbocycles. The fourth-order valence-corrected chi connectivity index (χ4v) is 3.07. The van der Waals surface area contributed by atoms with E-state index in [0.717, 1.165) is 29.4 Å². The number of amides is 1. The Morgan fingerprint density at radius 2 is 1.75 bits per heavy atom. The van der Waals surface area contributed by atoms with Crippen molar-refractivity contribution in [3.8, 4) is 11.5 Å². The third kappa shape index (κ3) is 5.26. The highest BCUT2D eigenvalue weighted by atomic mass is 16.5. The average Bonchev–Trinajstić information content (AvgIpc) is 2.72. The number of nitrogens with one attached hydrogen (secondary N) is 1. The number of fused-ring (bicyclic) bond motifs is 1. The second-order valence-corrected chi connectivity index (χ2v) is 6.77. The lowest BCUT2D eigenvalue weighted by Crippen LogP contribution is -2.38. The van der Waals surface area contributed by atoms with Gasteiger partial charge in [0.15, 0.2) is 6.10 Å². The zero-order valence-corrected chi connectivity index (χ0v) is 16.5. The van der Waals surface area contributed by atoms with Gasteiger partial charge in [-0.3, -0.25) is 4.79 Å². The Balaban J connectivity index is 1.45. The molecule has 0 aliphatic rings. The molecule has 28 heavy (non-hydrogen) atoms. The van der Waals surface area contributed by atoms with Crippen LogP contribution in [-0.4, -0.2) is 25.2 Å². The maximum absolute atomic E-state index is 12.3. The normalized spacial score (nSPS) is 11.8. The van der Waals surface area contributed by atoms with Gasteiger partial charge in [0.25, 0.3) is 5.91 Å². The lowest BCUT2D eigenvalue weighted by atomic mass is 10.1. The Labute approximate surface area is 166 Å². The summed E-state index contributed by atoms with van der Waals surface area (Å²) in [6.45, 7) is 4.77. The van der Waals surface area contributed by atoms with E-state index in [0.29, 0.717) is 18.9 Å². The van der Waals surface area contributed by atoms with Crippen molar-refractivity contribution in [2.45, 2.75) is 32.8 Å². The molecule has 0 aromatic heterocycles. The van der Waals surface area contributed by atoms with Gasteiger partial charge in [-0.05, 0) is 42.5 Å². The van der Waals surface area contributed by atoms with Crippen LogP contribution in [0.4, 0.5) is 0 Å². The molecule has 1 N–H and O–H groups in total. The van der Waals surface area contributed by atoms with E-state index in [9.17, 15) is 4.79 Å². The molecule has 146 valence electrons. The van der Waals surface area contributed by atoms with E-state index in [-0.39, 0.29) is 5.91 Å². The molecule has 1 atom stereocenters. The predicted molar refractivity (Wildman–Crippen MR) is 113 cm³/mol. The molecular formula is C24H27NO3. The first kappa shape index (κ1) is 19.7. The molecule has 0 heterocycles. The first-order chi connectivity index (χ1) is 13.7. The van der Waals surface area contributed by atoms with Gasteiger partial charge in [-0.15, -0.1) is 0 Å². The Morgan fingerprint density at radius 3 is 2.54 bits per heavy atom. The van der Waals surface area contributed by atoms with Crippen molar-refractivity contribution in [2.75, 3.05) is 13.2 Å². The molecule has 0 saturated carbocycles. The summed E-state index contributed by atoms with van der Waals surface area (Å²) < 4.78 is 11.6. The van der Waals surface area contributed by atoms with Crippen LogP contribution in [-0.2, 0) is 11.2 Å². The third-order valence-electron chi connectivity index (χ3n) is 4.55. The molecule has 0 spiro atoms. The van der Waals surface area contributed by atoms with Gasteiger partial charge >= 0.3 is 0 Å². The fourth-order valence-electron chi connectivity index (χ4n) is 3.07. The second kappa shape index (κ2) is 9.79. The van der Waals surface area contributed by atoms with Crippen LogP contribution in [0.2, 0.25) is 0 Å². The fraction of sp³-hybridized carbons (Fsp3) is 0.292. The molecule has 1 amide bonds. The van der Waals surface area contributed by atoms with E-state index in [2.05, 4.69) is 24.4 Å². The lowest BCUT2D eigenvalue weighted by molar-refractivity contribution is -0.127. The van der Waals surface area contributed by atoms with Gasteiger partial charge in [0.1, 0.15) is 18.1 Å². The van der Waals surface area contributed by atoms with Gasteiger partial charge in [-0.2, -0.15) is 0 Å². The third-order valence-corrected chi connectivity index (χ3v) is 4.55. The standard InChI is InChI=1S/C24H27NO3/c1-3-7-19-12-14-21(15-13-19)27-17-16-25-24(26)18(2)28-23-11-6-9-20-8-4-5-10-22(20)23/h4-6,8-15,18H,3,7,16-17H2,1-2H3,(H,25,26). The molecule has 4 nitrogen and oxygen atoms in total. The molecule has 0 radical (unpaired) electrons. The number of benzene rings is 3. The van der Waals surface area contributed by atoms with Crippen LogP contribution < -0.4 is 14.8 Å². The molecule has 3 rings (SSSR count). The summed E-state index contributed by atoms with van der Waals surface area (Å²) >= 11 is 0. The number of carbonyl (C=O) groups excluding carboxylic acids is 1. The van der Waals surface area contributed by atoms with Crippen molar-refractivity contribution >= 4 is 16.7 Å². The zero-order valence-electron chi connectivity index (χ0n) is 16.5. The van der Waals surface area contributed by atoms with E-state index in [4.69, 9.17) is 9.47 Å². The van der Waals surface area contributed by atoms with Crippen molar-refractivity contribution in [1.29, 1.82) is 0 Å². The number of ether oxygens (including phenoxy) is 2. The van der Waals surface area contributed by atoms with Gasteiger partial charge in [0, 0.05) is 5.39 Å². The number of hydrogen-bond donors (Lipinski definition) is 1. The summed E-state index contributed by atoms with van der Waals surface area (Å²) in [6, 6.07) is 21.9. The SMILES string of the molecule is CCCc1ccc(OCCNC(=O)C(C)Oc2cccc3ccccc23)cc1. The molecule has 3 aromatic rings. The number of hydrogen-bond acceptors (Lipinski definition) is 3. The van der Waals surface area contributed by atoms with Crippen LogP contribution in [0.15, 0.2) is 66.7 Å². The van der Waals surface area contributed by atoms with Crippen molar-refractivity contribution in [3.63, 3.8) is 0 Å². The molecule has 0 aliphatic heterocycles. The molecular weight excluding hydrogens is 350 g/mol. The average molecular weight is 377 g/mol. The Bertz CT molecular complexity index is 900. The van der Waals surface area contributed by atoms with E-state index >= 15 is 0 Å². The summed E-state index contributed by atoms with van der Waals surface area (Å²) in [7, 11) is 0. The zero-order chi connectivity index (χ0) is 19.8. The molecule has 3 aromatic carbocycles. The predicted octanol–water partition coefficient (Wildman–Crippen LogP) is 4.75. The summed E-state index contributed by atoms with van der Waals surface area (Å²) in [5.41, 5.74) is 1.31. The Kier molecular flexibility index (Phi) is 6.90.